The van der Waals surface area contributed by atoms with E-state index in [1.165, 1.54) is 38.5 Å². The van der Waals surface area contributed by atoms with Crippen LogP contribution in [0.15, 0.2) is 0 Å². The minimum Gasteiger partial charge on any atom is -0.104 e. The molecule has 0 nitrogen and oxygen atoms in total. The summed E-state index contributed by atoms with van der Waals surface area (Å²) in [7, 11) is 0.455. The molecule has 0 spiro atoms. The van der Waals surface area contributed by atoms with Crippen LogP contribution in [0, 0.1) is 0 Å². The van der Waals surface area contributed by atoms with Crippen LogP contribution in [0.25, 0.3) is 0 Å². The summed E-state index contributed by atoms with van der Waals surface area (Å²) in [6.07, 6.45) is 12.1. The first-order valence-corrected chi connectivity index (χ1v) is 7.36. The maximum absolute atomic E-state index is 2.49. The van der Waals surface area contributed by atoms with E-state index in [9.17, 15) is 0 Å². The fourth-order valence-electron chi connectivity index (χ4n) is 2.04. The molecule has 1 heterocycles. The first-order chi connectivity index (χ1) is 5.84. The van der Waals surface area contributed by atoms with E-state index in [2.05, 4.69) is 13.8 Å². The van der Waals surface area contributed by atoms with E-state index >= 15 is 0 Å². The van der Waals surface area contributed by atoms with Crippen molar-refractivity contribution in [3.05, 3.63) is 0 Å². The van der Waals surface area contributed by atoms with Gasteiger partial charge < -0.3 is 0 Å². The predicted octanol–water partition coefficient (Wildman–Crippen LogP) is 4.23. The highest BCUT2D eigenvalue weighted by atomic mass is 31.1. The van der Waals surface area contributed by atoms with Crippen molar-refractivity contribution in [2.24, 2.45) is 0 Å². The predicted molar refractivity (Wildman–Crippen MR) is 59.5 cm³/mol. The van der Waals surface area contributed by atoms with Crippen LogP contribution in [-0.2, 0) is 0 Å². The molecule has 0 bridgehead atoms. The van der Waals surface area contributed by atoms with Crippen LogP contribution < -0.4 is 0 Å². The first kappa shape index (κ1) is 10.5. The van der Waals surface area contributed by atoms with Gasteiger partial charge in [-0.3, -0.25) is 0 Å². The third kappa shape index (κ3) is 3.44. The second-order valence-electron chi connectivity index (χ2n) is 4.09. The van der Waals surface area contributed by atoms with Gasteiger partial charge in [0.2, 0.25) is 0 Å². The lowest BCUT2D eigenvalue weighted by Crippen LogP contribution is -2.09. The van der Waals surface area contributed by atoms with E-state index < -0.39 is 0 Å². The average molecular weight is 186 g/mol. The normalized spacial score (nSPS) is 22.5. The van der Waals surface area contributed by atoms with E-state index in [1.54, 1.807) is 12.3 Å². The Kier molecular flexibility index (Phi) is 5.23. The van der Waals surface area contributed by atoms with Gasteiger partial charge in [0.15, 0.2) is 0 Å². The maximum atomic E-state index is 2.49. The second-order valence-corrected chi connectivity index (χ2v) is 7.04. The van der Waals surface area contributed by atoms with Crippen LogP contribution in [0.2, 0.25) is 0 Å². The van der Waals surface area contributed by atoms with Crippen molar-refractivity contribution in [3.8, 4) is 0 Å². The quantitative estimate of drug-likeness (QED) is 0.576. The molecule has 1 rings (SSSR count). The molecule has 1 atom stereocenters. The van der Waals surface area contributed by atoms with Gasteiger partial charge in [0.25, 0.3) is 0 Å². The summed E-state index contributed by atoms with van der Waals surface area (Å²) in [6.45, 7) is 4.80. The Balaban J connectivity index is 2.15. The highest BCUT2D eigenvalue weighted by molar-refractivity contribution is 7.58. The van der Waals surface area contributed by atoms with Crippen LogP contribution in [0.4, 0.5) is 0 Å². The van der Waals surface area contributed by atoms with Crippen LogP contribution >= 0.6 is 7.92 Å². The molecule has 0 radical (unpaired) electrons. The van der Waals surface area contributed by atoms with Crippen LogP contribution in [0.1, 0.15) is 52.4 Å². The van der Waals surface area contributed by atoms with Crippen molar-refractivity contribution in [1.29, 1.82) is 0 Å². The van der Waals surface area contributed by atoms with Crippen LogP contribution in [-0.4, -0.2) is 18.0 Å². The zero-order valence-electron chi connectivity index (χ0n) is 8.68. The molecular formula is C11H23P. The Labute approximate surface area is 78.9 Å². The van der Waals surface area contributed by atoms with Crippen molar-refractivity contribution in [1.82, 2.24) is 0 Å². The summed E-state index contributed by atoms with van der Waals surface area (Å²) in [5.41, 5.74) is 1.07. The van der Waals surface area contributed by atoms with Crippen molar-refractivity contribution in [3.63, 3.8) is 0 Å². The van der Waals surface area contributed by atoms with Crippen LogP contribution in [0.3, 0.4) is 0 Å². The second kappa shape index (κ2) is 5.97. The number of hydrogen-bond donors (Lipinski definition) is 0. The lowest BCUT2D eigenvalue weighted by molar-refractivity contribution is 0.687. The zero-order valence-corrected chi connectivity index (χ0v) is 9.58. The van der Waals surface area contributed by atoms with Gasteiger partial charge in [0.1, 0.15) is 0 Å². The molecule has 0 aromatic carbocycles. The van der Waals surface area contributed by atoms with Gasteiger partial charge in [-0.05, 0) is 37.2 Å². The molecule has 0 amide bonds. The Bertz CT molecular complexity index is 106. The Hall–Kier alpha value is 0.430. The van der Waals surface area contributed by atoms with E-state index in [0.29, 0.717) is 7.92 Å². The first-order valence-electron chi connectivity index (χ1n) is 5.58. The van der Waals surface area contributed by atoms with Crippen LogP contribution in [0.5, 0.6) is 0 Å². The zero-order chi connectivity index (χ0) is 8.81. The Morgan fingerprint density at radius 3 is 2.42 bits per heavy atom. The van der Waals surface area contributed by atoms with Gasteiger partial charge in [-0.1, -0.05) is 33.1 Å². The molecule has 1 heteroatoms. The molecular weight excluding hydrogens is 163 g/mol. The monoisotopic (exact) mass is 186 g/mol. The summed E-state index contributed by atoms with van der Waals surface area (Å²) >= 11 is 0. The van der Waals surface area contributed by atoms with Gasteiger partial charge in [-0.25, -0.2) is 0 Å². The third-order valence-corrected chi connectivity index (χ3v) is 6.28. The van der Waals surface area contributed by atoms with Gasteiger partial charge in [0.05, 0.1) is 0 Å². The Morgan fingerprint density at radius 2 is 1.83 bits per heavy atom. The van der Waals surface area contributed by atoms with Gasteiger partial charge in [-0.15, -0.1) is 7.92 Å². The largest absolute Gasteiger partial charge is 0.104 e. The summed E-state index contributed by atoms with van der Waals surface area (Å²) in [6, 6.07) is 0. The lowest BCUT2D eigenvalue weighted by Gasteiger charge is -2.28. The number of hydrogen-bond acceptors (Lipinski definition) is 0. The SMILES string of the molecule is CCCCC(C)P1CCCCC1. The molecule has 1 aliphatic rings. The molecule has 0 N–H and O–H groups in total. The highest BCUT2D eigenvalue weighted by Crippen LogP contribution is 2.47. The standard InChI is InChI=1S/C11H23P/c1-3-4-8-11(2)12-9-6-5-7-10-12/h11H,3-10H2,1-2H3. The van der Waals surface area contributed by atoms with E-state index in [-0.39, 0.29) is 0 Å². The molecule has 0 aliphatic carbocycles. The summed E-state index contributed by atoms with van der Waals surface area (Å²) in [4.78, 5) is 0. The minimum atomic E-state index is 0.455. The fraction of sp³-hybridized carbons (Fsp3) is 1.00. The van der Waals surface area contributed by atoms with Crippen molar-refractivity contribution < 1.29 is 0 Å². The molecule has 0 saturated carbocycles. The fourth-order valence-corrected chi connectivity index (χ4v) is 4.95. The molecule has 0 aromatic rings. The molecule has 1 fully saturated rings. The topological polar surface area (TPSA) is 0 Å². The summed E-state index contributed by atoms with van der Waals surface area (Å²) in [5, 5.41) is 0. The maximum Gasteiger partial charge on any atom is -0.0238 e. The van der Waals surface area contributed by atoms with Gasteiger partial charge in [-0.2, -0.15) is 0 Å². The van der Waals surface area contributed by atoms with Gasteiger partial charge in [0, 0.05) is 0 Å². The molecule has 1 unspecified atom stereocenters. The van der Waals surface area contributed by atoms with Gasteiger partial charge >= 0.3 is 0 Å². The molecule has 0 aromatic heterocycles. The smallest absolute Gasteiger partial charge is 0.0238 e. The van der Waals surface area contributed by atoms with E-state index in [1.807, 2.05) is 0 Å². The highest BCUT2D eigenvalue weighted by Gasteiger charge is 2.18. The number of rotatable bonds is 4. The lowest BCUT2D eigenvalue weighted by atomic mass is 10.2. The average Bonchev–Trinajstić information content (AvgIpc) is 2.15. The molecule has 12 heavy (non-hydrogen) atoms. The van der Waals surface area contributed by atoms with Crippen molar-refractivity contribution in [2.45, 2.75) is 58.0 Å². The van der Waals surface area contributed by atoms with E-state index in [0.717, 1.165) is 5.66 Å². The molecule has 1 aliphatic heterocycles. The third-order valence-electron chi connectivity index (χ3n) is 2.99. The van der Waals surface area contributed by atoms with Crippen molar-refractivity contribution >= 4 is 7.92 Å². The summed E-state index contributed by atoms with van der Waals surface area (Å²) < 4.78 is 0. The van der Waals surface area contributed by atoms with E-state index in [4.69, 9.17) is 0 Å². The molecule has 1 saturated heterocycles. The minimum absolute atomic E-state index is 0.455. The van der Waals surface area contributed by atoms with Crippen molar-refractivity contribution in [2.75, 3.05) is 12.3 Å². The molecule has 72 valence electrons. The Morgan fingerprint density at radius 1 is 1.17 bits per heavy atom. The summed E-state index contributed by atoms with van der Waals surface area (Å²) in [5.74, 6) is 0. The number of unbranched alkanes of at least 4 members (excludes halogenated alkanes) is 1.